The fraction of sp³-hybridized carbons (Fsp3) is 0.600. The van der Waals surface area contributed by atoms with E-state index in [1.165, 1.54) is 0 Å². The van der Waals surface area contributed by atoms with Crippen molar-refractivity contribution in [1.82, 2.24) is 10.2 Å². The van der Waals surface area contributed by atoms with E-state index in [0.717, 1.165) is 13.0 Å². The zero-order valence-electron chi connectivity index (χ0n) is 16.1. The maximum Gasteiger partial charge on any atom is 0.255 e. The second-order valence-corrected chi connectivity index (χ2v) is 7.49. The second kappa shape index (κ2) is 9.03. The van der Waals surface area contributed by atoms with Gasteiger partial charge in [0.1, 0.15) is 5.75 Å². The first-order valence-corrected chi connectivity index (χ1v) is 9.38. The highest BCUT2D eigenvalue weighted by Crippen LogP contribution is 2.28. The number of likely N-dealkylation sites (tertiary alicyclic amines) is 1. The van der Waals surface area contributed by atoms with Gasteiger partial charge >= 0.3 is 0 Å². The number of rotatable bonds is 7. The molecule has 26 heavy (non-hydrogen) atoms. The lowest BCUT2D eigenvalue weighted by molar-refractivity contribution is -0.134. The third-order valence-electron chi connectivity index (χ3n) is 4.95. The smallest absolute Gasteiger partial charge is 0.255 e. The van der Waals surface area contributed by atoms with Gasteiger partial charge in [0, 0.05) is 32.1 Å². The van der Waals surface area contributed by atoms with Gasteiger partial charge in [0.25, 0.3) is 5.91 Å². The Hall–Kier alpha value is -2.08. The molecule has 1 aliphatic heterocycles. The summed E-state index contributed by atoms with van der Waals surface area (Å²) < 4.78 is 5.48. The molecular weight excluding hydrogens is 330 g/mol. The Morgan fingerprint density at radius 3 is 2.77 bits per heavy atom. The molecule has 0 aliphatic carbocycles. The molecular formula is C20H31N3O3. The molecule has 0 aromatic heterocycles. The number of carbonyl (C=O) groups excluding carboxylic acids is 2. The highest BCUT2D eigenvalue weighted by Gasteiger charge is 2.34. The van der Waals surface area contributed by atoms with Gasteiger partial charge in [-0.25, -0.2) is 0 Å². The molecule has 6 nitrogen and oxygen atoms in total. The number of benzene rings is 1. The Bertz CT molecular complexity index is 630. The fourth-order valence-electron chi connectivity index (χ4n) is 3.22. The minimum absolute atomic E-state index is 0.0505. The molecule has 6 heteroatoms. The zero-order chi connectivity index (χ0) is 19.2. The number of ether oxygens (including phenoxy) is 1. The van der Waals surface area contributed by atoms with Crippen LogP contribution in [0.25, 0.3) is 0 Å². The van der Waals surface area contributed by atoms with Crippen molar-refractivity contribution < 1.29 is 14.3 Å². The summed E-state index contributed by atoms with van der Waals surface area (Å²) in [7, 11) is 0. The molecule has 1 heterocycles. The molecule has 2 rings (SSSR count). The average molecular weight is 361 g/mol. The van der Waals surface area contributed by atoms with Gasteiger partial charge in [-0.3, -0.25) is 9.59 Å². The summed E-state index contributed by atoms with van der Waals surface area (Å²) in [4.78, 5) is 26.6. The van der Waals surface area contributed by atoms with Gasteiger partial charge in [-0.1, -0.05) is 26.0 Å². The lowest BCUT2D eigenvalue weighted by Crippen LogP contribution is -2.54. The summed E-state index contributed by atoms with van der Waals surface area (Å²) in [5.74, 6) is 0.538. The van der Waals surface area contributed by atoms with E-state index >= 15 is 0 Å². The largest absolute Gasteiger partial charge is 0.493 e. The zero-order valence-corrected chi connectivity index (χ0v) is 16.1. The fourth-order valence-corrected chi connectivity index (χ4v) is 3.22. The van der Waals surface area contributed by atoms with Crippen LogP contribution in [0.15, 0.2) is 24.3 Å². The van der Waals surface area contributed by atoms with Crippen LogP contribution in [0, 0.1) is 5.41 Å². The van der Waals surface area contributed by atoms with Crippen molar-refractivity contribution in [3.05, 3.63) is 29.8 Å². The molecule has 2 amide bonds. The Labute approximate surface area is 156 Å². The number of hydrogen-bond acceptors (Lipinski definition) is 4. The van der Waals surface area contributed by atoms with Crippen LogP contribution < -0.4 is 15.8 Å². The van der Waals surface area contributed by atoms with Gasteiger partial charge < -0.3 is 20.7 Å². The number of para-hydroxylation sites is 1. The van der Waals surface area contributed by atoms with Crippen molar-refractivity contribution in [3.63, 3.8) is 0 Å². The van der Waals surface area contributed by atoms with E-state index in [1.54, 1.807) is 12.1 Å². The van der Waals surface area contributed by atoms with Crippen molar-refractivity contribution >= 4 is 11.8 Å². The van der Waals surface area contributed by atoms with E-state index in [0.29, 0.717) is 43.9 Å². The first-order valence-electron chi connectivity index (χ1n) is 9.38. The number of nitrogens with one attached hydrogen (secondary N) is 1. The van der Waals surface area contributed by atoms with Crippen LogP contribution in [0.5, 0.6) is 5.75 Å². The monoisotopic (exact) mass is 361 g/mol. The maximum absolute atomic E-state index is 12.4. The van der Waals surface area contributed by atoms with Gasteiger partial charge in [0.2, 0.25) is 5.91 Å². The molecule has 0 radical (unpaired) electrons. The summed E-state index contributed by atoms with van der Waals surface area (Å²) in [6, 6.07) is 7.31. The van der Waals surface area contributed by atoms with Gasteiger partial charge in [-0.2, -0.15) is 0 Å². The molecule has 1 aliphatic rings. The molecule has 1 unspecified atom stereocenters. The highest BCUT2D eigenvalue weighted by atomic mass is 16.5. The van der Waals surface area contributed by atoms with E-state index in [9.17, 15) is 9.59 Å². The molecule has 1 aromatic carbocycles. The van der Waals surface area contributed by atoms with Crippen LogP contribution in [0.1, 0.15) is 50.4 Å². The van der Waals surface area contributed by atoms with Gasteiger partial charge in [-0.05, 0) is 37.3 Å². The lowest BCUT2D eigenvalue weighted by Gasteiger charge is -2.42. The normalized spacial score (nSPS) is 19.1. The first-order chi connectivity index (χ1) is 12.3. The predicted molar refractivity (Wildman–Crippen MR) is 102 cm³/mol. The Balaban J connectivity index is 1.77. The Morgan fingerprint density at radius 2 is 2.08 bits per heavy atom. The van der Waals surface area contributed by atoms with Crippen molar-refractivity contribution in [2.45, 2.75) is 46.1 Å². The van der Waals surface area contributed by atoms with Gasteiger partial charge in [0.15, 0.2) is 0 Å². The quantitative estimate of drug-likeness (QED) is 0.729. The van der Waals surface area contributed by atoms with E-state index in [1.807, 2.05) is 24.0 Å². The lowest BCUT2D eigenvalue weighted by atomic mass is 9.79. The van der Waals surface area contributed by atoms with Gasteiger partial charge in [-0.15, -0.1) is 0 Å². The van der Waals surface area contributed by atoms with Gasteiger partial charge in [0.05, 0.1) is 12.2 Å². The summed E-state index contributed by atoms with van der Waals surface area (Å²) in [6.45, 7) is 8.48. The summed E-state index contributed by atoms with van der Waals surface area (Å²) in [5.41, 5.74) is 6.59. The van der Waals surface area contributed by atoms with Crippen LogP contribution in [0.2, 0.25) is 0 Å². The van der Waals surface area contributed by atoms with Crippen molar-refractivity contribution in [1.29, 1.82) is 0 Å². The molecule has 1 aromatic rings. The number of hydrogen-bond donors (Lipinski definition) is 2. The Kier molecular flexibility index (Phi) is 7.03. The van der Waals surface area contributed by atoms with E-state index in [-0.39, 0.29) is 23.3 Å². The van der Waals surface area contributed by atoms with E-state index < -0.39 is 0 Å². The number of piperidine rings is 1. The molecule has 0 bridgehead atoms. The molecule has 1 saturated heterocycles. The molecule has 1 atom stereocenters. The highest BCUT2D eigenvalue weighted by molar-refractivity contribution is 5.96. The molecule has 1 fully saturated rings. The number of amides is 2. The first kappa shape index (κ1) is 20.2. The maximum atomic E-state index is 12.4. The standard InChI is InChI=1S/C20H31N3O3/c1-4-26-16-9-6-5-8-15(16)19(25)22-12-7-10-18(24)23-13-11-17(21)20(2,3)14-23/h5-6,8-9,17H,4,7,10-14,21H2,1-3H3,(H,22,25). The van der Waals surface area contributed by atoms with Crippen molar-refractivity contribution in [2.75, 3.05) is 26.2 Å². The SMILES string of the molecule is CCOc1ccccc1C(=O)NCCCC(=O)N1CCC(N)C(C)(C)C1. The number of nitrogens with zero attached hydrogens (tertiary/aromatic N) is 1. The van der Waals surface area contributed by atoms with Crippen LogP contribution in [-0.2, 0) is 4.79 Å². The van der Waals surface area contributed by atoms with E-state index in [2.05, 4.69) is 19.2 Å². The van der Waals surface area contributed by atoms with Crippen LogP contribution >= 0.6 is 0 Å². The third-order valence-corrected chi connectivity index (χ3v) is 4.95. The second-order valence-electron chi connectivity index (χ2n) is 7.49. The number of carbonyl (C=O) groups is 2. The van der Waals surface area contributed by atoms with Crippen molar-refractivity contribution in [2.24, 2.45) is 11.1 Å². The molecule has 0 spiro atoms. The minimum Gasteiger partial charge on any atom is -0.493 e. The minimum atomic E-state index is -0.174. The topological polar surface area (TPSA) is 84.7 Å². The summed E-state index contributed by atoms with van der Waals surface area (Å²) >= 11 is 0. The average Bonchev–Trinajstić information content (AvgIpc) is 2.61. The molecule has 144 valence electrons. The van der Waals surface area contributed by atoms with Crippen LogP contribution in [0.4, 0.5) is 0 Å². The third kappa shape index (κ3) is 5.21. The number of nitrogens with two attached hydrogens (primary N) is 1. The Morgan fingerprint density at radius 1 is 1.35 bits per heavy atom. The predicted octanol–water partition coefficient (Wildman–Crippen LogP) is 2.18. The van der Waals surface area contributed by atoms with Crippen LogP contribution in [0.3, 0.4) is 0 Å². The summed E-state index contributed by atoms with van der Waals surface area (Å²) in [5, 5.41) is 2.87. The summed E-state index contributed by atoms with van der Waals surface area (Å²) in [6.07, 6.45) is 1.88. The van der Waals surface area contributed by atoms with E-state index in [4.69, 9.17) is 10.5 Å². The van der Waals surface area contributed by atoms with Crippen LogP contribution in [-0.4, -0.2) is 49.0 Å². The molecule has 0 saturated carbocycles. The molecule has 3 N–H and O–H groups in total. The van der Waals surface area contributed by atoms with Crippen molar-refractivity contribution in [3.8, 4) is 5.75 Å².